The second-order valence-corrected chi connectivity index (χ2v) is 5.57. The first-order chi connectivity index (χ1) is 9.84. The number of alkyl halides is 3. The molecule has 0 unspecified atom stereocenters. The van der Waals surface area contributed by atoms with Crippen LogP contribution in [-0.2, 0) is 6.18 Å². The van der Waals surface area contributed by atoms with E-state index in [0.717, 1.165) is 16.7 Å². The highest BCUT2D eigenvalue weighted by atomic mass is 32.1. The van der Waals surface area contributed by atoms with Gasteiger partial charge in [-0.25, -0.2) is 4.98 Å². The Labute approximate surface area is 121 Å². The molecule has 3 rings (SSSR count). The Hall–Kier alpha value is -1.68. The summed E-state index contributed by atoms with van der Waals surface area (Å²) in [4.78, 5) is 5.17. The number of halogens is 3. The van der Waals surface area contributed by atoms with Crippen LogP contribution in [0.15, 0.2) is 9.80 Å². The lowest BCUT2D eigenvalue weighted by atomic mass is 10.2. The molecule has 1 saturated heterocycles. The van der Waals surface area contributed by atoms with Crippen LogP contribution in [0.3, 0.4) is 0 Å². The zero-order valence-electron chi connectivity index (χ0n) is 10.8. The number of aliphatic hydroxyl groups is 1. The molecule has 1 N–H and O–H groups in total. The molecule has 0 radical (unpaired) electrons. The Morgan fingerprint density at radius 1 is 1.43 bits per heavy atom. The van der Waals surface area contributed by atoms with Gasteiger partial charge in [0.25, 0.3) is 0 Å². The summed E-state index contributed by atoms with van der Waals surface area (Å²) in [5.74, 6) is 0.634. The van der Waals surface area contributed by atoms with Crippen molar-refractivity contribution in [1.29, 1.82) is 0 Å². The van der Waals surface area contributed by atoms with Crippen LogP contribution >= 0.6 is 11.3 Å². The van der Waals surface area contributed by atoms with Crippen LogP contribution in [0.25, 0.3) is 0 Å². The summed E-state index contributed by atoms with van der Waals surface area (Å²) in [6, 6.07) is -0.464. The third kappa shape index (κ3) is 2.72. The standard InChI is InChI=1S/C11H11F3N4O2S/c1-5-16-17-9(20-5)7-2-6(19)3-18(7)10-15-8(4-21-10)11(12,13)14/h4,6-7,19H,2-3H2,1H3/t6-,7-/m1/s1. The SMILES string of the molecule is Cc1nnc([C@H]2C[C@@H](O)CN2c2nc(C(F)(F)F)cs2)o1. The van der Waals surface area contributed by atoms with Gasteiger partial charge in [0, 0.05) is 25.3 Å². The van der Waals surface area contributed by atoms with Gasteiger partial charge in [-0.05, 0) is 0 Å². The van der Waals surface area contributed by atoms with E-state index in [2.05, 4.69) is 15.2 Å². The molecule has 6 nitrogen and oxygen atoms in total. The molecule has 0 aliphatic carbocycles. The minimum absolute atomic E-state index is 0.177. The van der Waals surface area contributed by atoms with E-state index in [1.54, 1.807) is 11.8 Å². The number of hydrogen-bond donors (Lipinski definition) is 1. The molecule has 0 bridgehead atoms. The molecule has 0 amide bonds. The van der Waals surface area contributed by atoms with Crippen molar-refractivity contribution in [2.24, 2.45) is 0 Å². The average molecular weight is 320 g/mol. The third-order valence-corrected chi connectivity index (χ3v) is 4.01. The lowest BCUT2D eigenvalue weighted by Gasteiger charge is -2.20. The van der Waals surface area contributed by atoms with Crippen LogP contribution < -0.4 is 4.90 Å². The van der Waals surface area contributed by atoms with Gasteiger partial charge in [0.1, 0.15) is 6.04 Å². The fraction of sp³-hybridized carbons (Fsp3) is 0.545. The fourth-order valence-electron chi connectivity index (χ4n) is 2.23. The molecule has 1 aliphatic rings. The number of thiazole rings is 1. The number of rotatable bonds is 2. The van der Waals surface area contributed by atoms with Crippen molar-refractivity contribution >= 4 is 16.5 Å². The molecule has 0 saturated carbocycles. The molecule has 2 aromatic heterocycles. The number of hydrogen-bond acceptors (Lipinski definition) is 7. The van der Waals surface area contributed by atoms with Crippen LogP contribution in [-0.4, -0.2) is 32.9 Å². The second kappa shape index (κ2) is 4.95. The summed E-state index contributed by atoms with van der Waals surface area (Å²) < 4.78 is 43.2. The Balaban J connectivity index is 1.90. The summed E-state index contributed by atoms with van der Waals surface area (Å²) in [6.45, 7) is 1.80. The highest BCUT2D eigenvalue weighted by Crippen LogP contribution is 2.39. The summed E-state index contributed by atoms with van der Waals surface area (Å²) in [7, 11) is 0. The van der Waals surface area contributed by atoms with Gasteiger partial charge in [0.2, 0.25) is 11.8 Å². The largest absolute Gasteiger partial charge is 0.434 e. The molecule has 0 spiro atoms. The maximum atomic E-state index is 12.6. The van der Waals surface area contributed by atoms with E-state index in [1.165, 1.54) is 0 Å². The zero-order valence-corrected chi connectivity index (χ0v) is 11.6. The first kappa shape index (κ1) is 14.3. The van der Waals surface area contributed by atoms with Gasteiger partial charge in [0.15, 0.2) is 10.8 Å². The summed E-state index contributed by atoms with van der Waals surface area (Å²) in [5, 5.41) is 18.5. The highest BCUT2D eigenvalue weighted by Gasteiger charge is 2.39. The summed E-state index contributed by atoms with van der Waals surface area (Å²) in [6.07, 6.45) is -4.85. The van der Waals surface area contributed by atoms with E-state index >= 15 is 0 Å². The van der Waals surface area contributed by atoms with Crippen LogP contribution in [0.1, 0.15) is 29.9 Å². The van der Waals surface area contributed by atoms with Gasteiger partial charge in [-0.3, -0.25) is 0 Å². The van der Waals surface area contributed by atoms with E-state index in [0.29, 0.717) is 12.3 Å². The van der Waals surface area contributed by atoms with Crippen molar-refractivity contribution in [3.8, 4) is 0 Å². The summed E-state index contributed by atoms with van der Waals surface area (Å²) >= 11 is 0.875. The highest BCUT2D eigenvalue weighted by molar-refractivity contribution is 7.13. The molecular formula is C11H11F3N4O2S. The van der Waals surface area contributed by atoms with Gasteiger partial charge in [-0.1, -0.05) is 0 Å². The lowest BCUT2D eigenvalue weighted by molar-refractivity contribution is -0.140. The minimum Gasteiger partial charge on any atom is -0.423 e. The van der Waals surface area contributed by atoms with Crippen LogP contribution in [0.5, 0.6) is 0 Å². The van der Waals surface area contributed by atoms with Crippen molar-refractivity contribution < 1.29 is 22.7 Å². The smallest absolute Gasteiger partial charge is 0.423 e. The molecule has 114 valence electrons. The molecule has 21 heavy (non-hydrogen) atoms. The monoisotopic (exact) mass is 320 g/mol. The Morgan fingerprint density at radius 2 is 2.19 bits per heavy atom. The lowest BCUT2D eigenvalue weighted by Crippen LogP contribution is -2.24. The molecule has 3 heterocycles. The number of aromatic nitrogens is 3. The van der Waals surface area contributed by atoms with Crippen molar-refractivity contribution in [2.45, 2.75) is 31.7 Å². The van der Waals surface area contributed by atoms with E-state index in [-0.39, 0.29) is 17.6 Å². The molecule has 1 fully saturated rings. The molecule has 0 aromatic carbocycles. The normalized spacial score (nSPS) is 23.0. The van der Waals surface area contributed by atoms with Crippen LogP contribution in [0.4, 0.5) is 18.3 Å². The Kier molecular flexibility index (Phi) is 3.36. The molecule has 1 aliphatic heterocycles. The number of aliphatic hydroxyl groups excluding tert-OH is 1. The molecule has 2 atom stereocenters. The fourth-order valence-corrected chi connectivity index (χ4v) is 3.12. The van der Waals surface area contributed by atoms with Crippen molar-refractivity contribution in [1.82, 2.24) is 15.2 Å². The van der Waals surface area contributed by atoms with Gasteiger partial charge in [-0.2, -0.15) is 13.2 Å². The maximum absolute atomic E-state index is 12.6. The number of β-amino-alcohol motifs (C(OH)–C–C–N with tert-alkyl or cyclic N) is 1. The first-order valence-electron chi connectivity index (χ1n) is 6.12. The molecule has 10 heteroatoms. The average Bonchev–Trinajstić information content (AvgIpc) is 3.05. The van der Waals surface area contributed by atoms with Gasteiger partial charge < -0.3 is 14.4 Å². The van der Waals surface area contributed by atoms with Crippen molar-refractivity contribution in [2.75, 3.05) is 11.4 Å². The maximum Gasteiger partial charge on any atom is 0.434 e. The van der Waals surface area contributed by atoms with E-state index in [4.69, 9.17) is 4.42 Å². The predicted octanol–water partition coefficient (Wildman–Crippen LogP) is 2.17. The number of nitrogens with zero attached hydrogens (tertiary/aromatic N) is 4. The molecular weight excluding hydrogens is 309 g/mol. The van der Waals surface area contributed by atoms with Crippen molar-refractivity contribution in [3.05, 3.63) is 22.9 Å². The minimum atomic E-state index is -4.48. The quantitative estimate of drug-likeness (QED) is 0.914. The number of aryl methyl sites for hydroxylation is 1. The Morgan fingerprint density at radius 3 is 2.76 bits per heavy atom. The Bertz CT molecular complexity index is 641. The zero-order chi connectivity index (χ0) is 15.2. The van der Waals surface area contributed by atoms with Gasteiger partial charge in [-0.15, -0.1) is 21.5 Å². The van der Waals surface area contributed by atoms with Gasteiger partial charge in [0.05, 0.1) is 6.10 Å². The van der Waals surface area contributed by atoms with E-state index in [1.807, 2.05) is 0 Å². The second-order valence-electron chi connectivity index (χ2n) is 4.73. The van der Waals surface area contributed by atoms with Crippen LogP contribution in [0.2, 0.25) is 0 Å². The topological polar surface area (TPSA) is 75.3 Å². The summed E-state index contributed by atoms with van der Waals surface area (Å²) in [5.41, 5.74) is -0.940. The van der Waals surface area contributed by atoms with Gasteiger partial charge >= 0.3 is 6.18 Å². The number of anilines is 1. The van der Waals surface area contributed by atoms with Crippen LogP contribution in [0, 0.1) is 6.92 Å². The van der Waals surface area contributed by atoms with E-state index in [9.17, 15) is 18.3 Å². The van der Waals surface area contributed by atoms with E-state index < -0.39 is 24.0 Å². The predicted molar refractivity (Wildman–Crippen MR) is 66.9 cm³/mol. The van der Waals surface area contributed by atoms with Crippen molar-refractivity contribution in [3.63, 3.8) is 0 Å². The third-order valence-electron chi connectivity index (χ3n) is 3.13. The molecule has 2 aromatic rings. The first-order valence-corrected chi connectivity index (χ1v) is 7.00.